The number of hydrogen-bond acceptors (Lipinski definition) is 2. The maximum Gasteiger partial charge on any atom is 0.139 e. The van der Waals surface area contributed by atoms with Crippen LogP contribution in [0.3, 0.4) is 0 Å². The second kappa shape index (κ2) is 5.70. The molecule has 6 heteroatoms. The van der Waals surface area contributed by atoms with E-state index in [0.717, 1.165) is 9.79 Å². The monoisotopic (exact) mass is 365 g/mol. The van der Waals surface area contributed by atoms with E-state index in [4.69, 9.17) is 28.9 Å². The van der Waals surface area contributed by atoms with Gasteiger partial charge < -0.3 is 5.73 Å². The molecule has 94 valence electrons. The third kappa shape index (κ3) is 3.12. The van der Waals surface area contributed by atoms with Crippen LogP contribution in [0.4, 0.5) is 10.1 Å². The zero-order valence-electron chi connectivity index (χ0n) is 8.88. The number of halogens is 4. The molecule has 0 amide bonds. The van der Waals surface area contributed by atoms with Crippen LogP contribution in [0.1, 0.15) is 0 Å². The highest BCUT2D eigenvalue weighted by molar-refractivity contribution is 9.10. The van der Waals surface area contributed by atoms with Gasteiger partial charge in [-0.1, -0.05) is 35.0 Å². The van der Waals surface area contributed by atoms with E-state index in [1.807, 2.05) is 6.07 Å². The van der Waals surface area contributed by atoms with Crippen molar-refractivity contribution in [3.05, 3.63) is 50.7 Å². The van der Waals surface area contributed by atoms with Crippen LogP contribution in [0, 0.1) is 5.82 Å². The predicted molar refractivity (Wildman–Crippen MR) is 79.1 cm³/mol. The lowest BCUT2D eigenvalue weighted by Gasteiger charge is -2.07. The first kappa shape index (κ1) is 14.0. The molecular formula is C12H7BrCl2FNS. The maximum atomic E-state index is 13.2. The van der Waals surface area contributed by atoms with Crippen LogP contribution in [0.15, 0.2) is 44.6 Å². The van der Waals surface area contributed by atoms with Crippen LogP contribution in [0.2, 0.25) is 10.0 Å². The quantitative estimate of drug-likeness (QED) is 0.697. The van der Waals surface area contributed by atoms with Crippen molar-refractivity contribution >= 4 is 56.6 Å². The van der Waals surface area contributed by atoms with Gasteiger partial charge in [-0.05, 0) is 46.3 Å². The standard InChI is InChI=1S/C12H7BrCl2FNS/c13-7-4-12(11(17)5-10(7)16)18-6-1-2-8(14)9(15)3-6/h1-5H,17H2. The normalized spacial score (nSPS) is 10.7. The Balaban J connectivity index is 2.34. The molecule has 2 N–H and O–H groups in total. The maximum absolute atomic E-state index is 13.2. The van der Waals surface area contributed by atoms with E-state index in [0.29, 0.717) is 20.2 Å². The van der Waals surface area contributed by atoms with E-state index in [1.54, 1.807) is 18.2 Å². The fourth-order valence-electron chi connectivity index (χ4n) is 1.30. The lowest BCUT2D eigenvalue weighted by molar-refractivity contribution is 0.620. The molecule has 0 spiro atoms. The summed E-state index contributed by atoms with van der Waals surface area (Å²) < 4.78 is 13.6. The van der Waals surface area contributed by atoms with E-state index < -0.39 is 0 Å². The third-order valence-corrected chi connectivity index (χ3v) is 4.58. The Morgan fingerprint density at radius 2 is 1.83 bits per heavy atom. The second-order valence-corrected chi connectivity index (χ2v) is 6.27. The van der Waals surface area contributed by atoms with Gasteiger partial charge in [0.15, 0.2) is 0 Å². The molecule has 0 saturated carbocycles. The van der Waals surface area contributed by atoms with Gasteiger partial charge in [0.1, 0.15) is 5.82 Å². The number of nitrogen functional groups attached to an aromatic ring is 1. The zero-order valence-corrected chi connectivity index (χ0v) is 12.8. The zero-order chi connectivity index (χ0) is 13.3. The first-order valence-electron chi connectivity index (χ1n) is 4.85. The van der Waals surface area contributed by atoms with Gasteiger partial charge in [-0.25, -0.2) is 4.39 Å². The van der Waals surface area contributed by atoms with Crippen molar-refractivity contribution in [2.75, 3.05) is 5.73 Å². The Hall–Kier alpha value is -0.420. The first-order valence-corrected chi connectivity index (χ1v) is 7.21. The second-order valence-electron chi connectivity index (χ2n) is 3.48. The molecule has 0 aliphatic heterocycles. The minimum atomic E-state index is -0.383. The molecule has 0 fully saturated rings. The lowest BCUT2D eigenvalue weighted by Crippen LogP contribution is -1.91. The first-order chi connectivity index (χ1) is 8.47. The van der Waals surface area contributed by atoms with Gasteiger partial charge in [0.05, 0.1) is 14.5 Å². The molecule has 0 aliphatic carbocycles. The summed E-state index contributed by atoms with van der Waals surface area (Å²) in [6, 6.07) is 8.20. The van der Waals surface area contributed by atoms with Crippen molar-refractivity contribution in [1.82, 2.24) is 0 Å². The smallest absolute Gasteiger partial charge is 0.139 e. The van der Waals surface area contributed by atoms with E-state index in [-0.39, 0.29) is 5.82 Å². The highest BCUT2D eigenvalue weighted by Gasteiger charge is 2.08. The molecule has 2 aromatic carbocycles. The molecule has 0 aromatic heterocycles. The van der Waals surface area contributed by atoms with E-state index >= 15 is 0 Å². The molecule has 2 aromatic rings. The largest absolute Gasteiger partial charge is 0.398 e. The Kier molecular flexibility index (Phi) is 4.43. The fourth-order valence-corrected chi connectivity index (χ4v) is 3.08. The predicted octanol–water partition coefficient (Wildman–Crippen LogP) is 5.63. The highest BCUT2D eigenvalue weighted by atomic mass is 79.9. The van der Waals surface area contributed by atoms with Crippen LogP contribution >= 0.6 is 50.9 Å². The summed E-state index contributed by atoms with van der Waals surface area (Å²) in [6.45, 7) is 0. The van der Waals surface area contributed by atoms with Crippen LogP contribution in [0.25, 0.3) is 0 Å². The number of nitrogens with two attached hydrogens (primary N) is 1. The van der Waals surface area contributed by atoms with Crippen molar-refractivity contribution in [2.45, 2.75) is 9.79 Å². The molecule has 18 heavy (non-hydrogen) atoms. The Morgan fingerprint density at radius 1 is 1.11 bits per heavy atom. The summed E-state index contributed by atoms with van der Waals surface area (Å²) in [5.74, 6) is -0.383. The molecule has 2 rings (SSSR count). The van der Waals surface area contributed by atoms with Gasteiger partial charge >= 0.3 is 0 Å². The Morgan fingerprint density at radius 3 is 2.50 bits per heavy atom. The van der Waals surface area contributed by atoms with E-state index in [1.165, 1.54) is 17.8 Å². The van der Waals surface area contributed by atoms with Crippen molar-refractivity contribution in [1.29, 1.82) is 0 Å². The number of benzene rings is 2. The molecule has 0 radical (unpaired) electrons. The van der Waals surface area contributed by atoms with Crippen molar-refractivity contribution in [2.24, 2.45) is 0 Å². The summed E-state index contributed by atoms with van der Waals surface area (Å²) in [4.78, 5) is 1.64. The van der Waals surface area contributed by atoms with Crippen LogP contribution in [0.5, 0.6) is 0 Å². The molecule has 0 aliphatic rings. The molecular weight excluding hydrogens is 360 g/mol. The van der Waals surface area contributed by atoms with E-state index in [9.17, 15) is 4.39 Å². The van der Waals surface area contributed by atoms with Gasteiger partial charge in [0.25, 0.3) is 0 Å². The average molecular weight is 367 g/mol. The molecule has 0 heterocycles. The molecule has 0 saturated heterocycles. The van der Waals surface area contributed by atoms with Crippen molar-refractivity contribution in [3.63, 3.8) is 0 Å². The fraction of sp³-hybridized carbons (Fsp3) is 0. The minimum absolute atomic E-state index is 0.374. The third-order valence-electron chi connectivity index (χ3n) is 2.17. The average Bonchev–Trinajstić information content (AvgIpc) is 2.31. The number of anilines is 1. The summed E-state index contributed by atoms with van der Waals surface area (Å²) >= 11 is 16.3. The SMILES string of the molecule is Nc1cc(F)c(Br)cc1Sc1ccc(Cl)c(Cl)c1. The van der Waals surface area contributed by atoms with Crippen molar-refractivity contribution in [3.8, 4) is 0 Å². The van der Waals surface area contributed by atoms with Gasteiger partial charge in [-0.2, -0.15) is 0 Å². The van der Waals surface area contributed by atoms with Gasteiger partial charge in [0, 0.05) is 15.5 Å². The molecule has 0 atom stereocenters. The van der Waals surface area contributed by atoms with Crippen LogP contribution in [-0.2, 0) is 0 Å². The summed E-state index contributed by atoms with van der Waals surface area (Å²) in [5.41, 5.74) is 6.15. The molecule has 1 nitrogen and oxygen atoms in total. The number of hydrogen-bond donors (Lipinski definition) is 1. The summed E-state index contributed by atoms with van der Waals surface area (Å²) in [6.07, 6.45) is 0. The van der Waals surface area contributed by atoms with Gasteiger partial charge in [-0.15, -0.1) is 0 Å². The van der Waals surface area contributed by atoms with Crippen LogP contribution < -0.4 is 5.73 Å². The summed E-state index contributed by atoms with van der Waals surface area (Å²) in [5, 5.41) is 0.968. The summed E-state index contributed by atoms with van der Waals surface area (Å²) in [7, 11) is 0. The van der Waals surface area contributed by atoms with Crippen LogP contribution in [-0.4, -0.2) is 0 Å². The number of rotatable bonds is 2. The molecule has 0 bridgehead atoms. The highest BCUT2D eigenvalue weighted by Crippen LogP contribution is 2.37. The Bertz CT molecular complexity index is 607. The Labute approximate surface area is 127 Å². The lowest BCUT2D eigenvalue weighted by atomic mass is 10.3. The van der Waals surface area contributed by atoms with Gasteiger partial charge in [0.2, 0.25) is 0 Å². The minimum Gasteiger partial charge on any atom is -0.398 e. The van der Waals surface area contributed by atoms with E-state index in [2.05, 4.69) is 15.9 Å². The van der Waals surface area contributed by atoms with Crippen molar-refractivity contribution < 1.29 is 4.39 Å². The topological polar surface area (TPSA) is 26.0 Å². The molecule has 0 unspecified atom stereocenters. The van der Waals surface area contributed by atoms with Gasteiger partial charge in [-0.3, -0.25) is 0 Å².